The summed E-state index contributed by atoms with van der Waals surface area (Å²) in [5.74, 6) is -0.748. The van der Waals surface area contributed by atoms with E-state index in [1.165, 1.54) is 4.90 Å². The molecule has 0 radical (unpaired) electrons. The molecule has 120 valence electrons. The third kappa shape index (κ3) is 3.77. The van der Waals surface area contributed by atoms with Gasteiger partial charge in [0.2, 0.25) is 5.91 Å². The number of pyridine rings is 1. The Hall–Kier alpha value is -2.52. The number of nitrogens with one attached hydrogen (secondary N) is 3. The smallest absolute Gasteiger partial charge is 0.338 e. The molecule has 1 saturated heterocycles. The van der Waals surface area contributed by atoms with Crippen LogP contribution in [0, 0.1) is 0 Å². The fraction of sp³-hybridized carbons (Fsp3) is 0.417. The Morgan fingerprint density at radius 2 is 2.09 bits per heavy atom. The molecule has 2 rings (SSSR count). The van der Waals surface area contributed by atoms with E-state index in [0.29, 0.717) is 31.8 Å². The van der Waals surface area contributed by atoms with E-state index in [-0.39, 0.29) is 6.54 Å². The molecule has 3 amide bonds. The zero-order chi connectivity index (χ0) is 16.3. The molecule has 2 heterocycles. The van der Waals surface area contributed by atoms with Crippen LogP contribution in [-0.4, -0.2) is 41.5 Å². The number of anilines is 1. The number of urea groups is 1. The van der Waals surface area contributed by atoms with Gasteiger partial charge in [0.1, 0.15) is 12.2 Å². The monoisotopic (exact) mass is 318 g/mol. The number of alkyl halides is 3. The van der Waals surface area contributed by atoms with Gasteiger partial charge in [0.25, 0.3) is 5.56 Å². The molecule has 0 saturated carbocycles. The van der Waals surface area contributed by atoms with Gasteiger partial charge in [-0.15, -0.1) is 0 Å². The number of halogens is 3. The molecule has 0 aliphatic carbocycles. The fourth-order valence-corrected chi connectivity index (χ4v) is 1.93. The van der Waals surface area contributed by atoms with Gasteiger partial charge >= 0.3 is 12.2 Å². The van der Waals surface area contributed by atoms with Crippen LogP contribution in [0.1, 0.15) is 12.0 Å². The van der Waals surface area contributed by atoms with Crippen LogP contribution >= 0.6 is 0 Å². The van der Waals surface area contributed by atoms with Crippen molar-refractivity contribution >= 4 is 17.6 Å². The predicted octanol–water partition coefficient (Wildman–Crippen LogP) is 0.748. The van der Waals surface area contributed by atoms with Crippen LogP contribution in [0.4, 0.5) is 23.7 Å². The molecule has 1 fully saturated rings. The van der Waals surface area contributed by atoms with Gasteiger partial charge in [0.15, 0.2) is 0 Å². The Kier molecular flexibility index (Phi) is 4.38. The number of amides is 3. The highest BCUT2D eigenvalue weighted by Gasteiger charge is 2.31. The topological polar surface area (TPSA) is 94.3 Å². The Balaban J connectivity index is 2.08. The van der Waals surface area contributed by atoms with Crippen molar-refractivity contribution in [1.29, 1.82) is 0 Å². The number of hydrogen-bond donors (Lipinski definition) is 3. The average Bonchev–Trinajstić information content (AvgIpc) is 2.42. The highest BCUT2D eigenvalue weighted by atomic mass is 19.4. The van der Waals surface area contributed by atoms with Crippen molar-refractivity contribution in [1.82, 2.24) is 15.2 Å². The zero-order valence-corrected chi connectivity index (χ0v) is 11.3. The number of aromatic amines is 1. The third-order valence-electron chi connectivity index (χ3n) is 3.01. The molecule has 0 spiro atoms. The van der Waals surface area contributed by atoms with Gasteiger partial charge in [0.05, 0.1) is 5.56 Å². The summed E-state index contributed by atoms with van der Waals surface area (Å²) in [6.07, 6.45) is -3.46. The second-order valence-electron chi connectivity index (χ2n) is 4.68. The van der Waals surface area contributed by atoms with E-state index in [9.17, 15) is 27.6 Å². The largest absolute Gasteiger partial charge is 0.417 e. The van der Waals surface area contributed by atoms with Gasteiger partial charge in [-0.05, 0) is 12.5 Å². The van der Waals surface area contributed by atoms with Crippen LogP contribution in [0.3, 0.4) is 0 Å². The Labute approximate surface area is 122 Å². The van der Waals surface area contributed by atoms with Crippen molar-refractivity contribution in [2.45, 2.75) is 12.6 Å². The molecule has 1 aliphatic rings. The third-order valence-corrected chi connectivity index (χ3v) is 3.01. The molecule has 0 aromatic carbocycles. The molecule has 1 aromatic heterocycles. The lowest BCUT2D eigenvalue weighted by molar-refractivity contribution is -0.137. The van der Waals surface area contributed by atoms with Crippen LogP contribution in [0.5, 0.6) is 0 Å². The Bertz CT molecular complexity index is 641. The van der Waals surface area contributed by atoms with Crippen LogP contribution in [0.15, 0.2) is 17.1 Å². The summed E-state index contributed by atoms with van der Waals surface area (Å²) < 4.78 is 37.7. The fourth-order valence-electron chi connectivity index (χ4n) is 1.93. The first kappa shape index (κ1) is 15.9. The normalized spacial score (nSPS) is 15.4. The van der Waals surface area contributed by atoms with Crippen LogP contribution in [0.25, 0.3) is 0 Å². The van der Waals surface area contributed by atoms with Crippen molar-refractivity contribution < 1.29 is 22.8 Å². The maximum absolute atomic E-state index is 12.6. The van der Waals surface area contributed by atoms with Gasteiger partial charge in [-0.25, -0.2) is 4.79 Å². The first-order valence-electron chi connectivity index (χ1n) is 6.40. The molecule has 22 heavy (non-hydrogen) atoms. The maximum Gasteiger partial charge on any atom is 0.417 e. The van der Waals surface area contributed by atoms with Gasteiger partial charge in [-0.2, -0.15) is 13.2 Å². The number of carbonyl (C=O) groups excluding carboxylic acids is 2. The number of rotatable bonds is 3. The number of carbonyl (C=O) groups is 2. The number of hydrogen-bond acceptors (Lipinski definition) is 3. The molecule has 1 aliphatic heterocycles. The Morgan fingerprint density at radius 1 is 1.36 bits per heavy atom. The number of nitrogens with zero attached hydrogens (tertiary/aromatic N) is 1. The highest BCUT2D eigenvalue weighted by molar-refractivity contribution is 5.94. The zero-order valence-electron chi connectivity index (χ0n) is 11.3. The van der Waals surface area contributed by atoms with E-state index < -0.39 is 34.9 Å². The number of H-pyrrole nitrogens is 1. The van der Waals surface area contributed by atoms with Gasteiger partial charge < -0.3 is 20.5 Å². The lowest BCUT2D eigenvalue weighted by Gasteiger charge is -2.26. The summed E-state index contributed by atoms with van der Waals surface area (Å²) in [5, 5.41) is 4.62. The summed E-state index contributed by atoms with van der Waals surface area (Å²) >= 11 is 0. The average molecular weight is 318 g/mol. The molecule has 0 atom stereocenters. The Morgan fingerprint density at radius 3 is 2.73 bits per heavy atom. The maximum atomic E-state index is 12.6. The first-order chi connectivity index (χ1) is 10.3. The van der Waals surface area contributed by atoms with Gasteiger partial charge in [-0.1, -0.05) is 0 Å². The minimum Gasteiger partial charge on any atom is -0.338 e. The summed E-state index contributed by atoms with van der Waals surface area (Å²) in [6.45, 7) is 0.518. The molecule has 7 nitrogen and oxygen atoms in total. The first-order valence-corrected chi connectivity index (χ1v) is 6.40. The molecular formula is C12H13F3N4O3. The molecule has 0 unspecified atom stereocenters. The lowest BCUT2D eigenvalue weighted by atomic mass is 10.2. The summed E-state index contributed by atoms with van der Waals surface area (Å²) in [6, 6.07) is 0.117. The van der Waals surface area contributed by atoms with E-state index in [1.807, 2.05) is 4.98 Å². The van der Waals surface area contributed by atoms with Crippen LogP contribution in [-0.2, 0) is 11.0 Å². The minimum atomic E-state index is -4.64. The number of aromatic nitrogens is 1. The molecular weight excluding hydrogens is 305 g/mol. The lowest BCUT2D eigenvalue weighted by Crippen LogP contribution is -2.49. The van der Waals surface area contributed by atoms with Crippen LogP contribution in [0.2, 0.25) is 0 Å². The van der Waals surface area contributed by atoms with Gasteiger partial charge in [0, 0.05) is 19.3 Å². The molecule has 10 heteroatoms. The van der Waals surface area contributed by atoms with Crippen molar-refractivity contribution in [3.63, 3.8) is 0 Å². The van der Waals surface area contributed by atoms with Gasteiger partial charge in [-0.3, -0.25) is 9.59 Å². The van der Waals surface area contributed by atoms with Crippen molar-refractivity contribution in [3.05, 3.63) is 28.2 Å². The second kappa shape index (κ2) is 6.08. The predicted molar refractivity (Wildman–Crippen MR) is 70.3 cm³/mol. The van der Waals surface area contributed by atoms with Crippen molar-refractivity contribution in [2.75, 3.05) is 25.0 Å². The second-order valence-corrected chi connectivity index (χ2v) is 4.68. The SMILES string of the molecule is O=C(CN1CCCNC1=O)Nc1cc(C(F)(F)F)c[nH]c1=O. The molecule has 3 N–H and O–H groups in total. The molecule has 1 aromatic rings. The summed E-state index contributed by atoms with van der Waals surface area (Å²) in [7, 11) is 0. The van der Waals surface area contributed by atoms with Crippen LogP contribution < -0.4 is 16.2 Å². The summed E-state index contributed by atoms with van der Waals surface area (Å²) in [4.78, 5) is 37.8. The van der Waals surface area contributed by atoms with Crippen molar-refractivity contribution in [3.8, 4) is 0 Å². The summed E-state index contributed by atoms with van der Waals surface area (Å²) in [5.41, 5.74) is -2.46. The van der Waals surface area contributed by atoms with E-state index in [4.69, 9.17) is 0 Å². The quantitative estimate of drug-likeness (QED) is 0.767. The minimum absolute atomic E-state index is 0.346. The highest BCUT2D eigenvalue weighted by Crippen LogP contribution is 2.29. The molecule has 0 bridgehead atoms. The van der Waals surface area contributed by atoms with E-state index in [2.05, 4.69) is 10.6 Å². The van der Waals surface area contributed by atoms with E-state index >= 15 is 0 Å². The van der Waals surface area contributed by atoms with E-state index in [0.717, 1.165) is 0 Å². The standard InChI is InChI=1S/C12H13F3N4O3/c13-12(14,15)7-4-8(10(21)17-5-7)18-9(20)6-19-3-1-2-16-11(19)22/h4-5H,1-3,6H2,(H,16,22)(H,17,21)(H,18,20). The van der Waals surface area contributed by atoms with E-state index in [1.54, 1.807) is 0 Å². The van der Waals surface area contributed by atoms with Crippen molar-refractivity contribution in [2.24, 2.45) is 0 Å².